The van der Waals surface area contributed by atoms with Crippen molar-refractivity contribution < 1.29 is 4.74 Å². The molecule has 2 N–H and O–H groups in total. The molecule has 1 aliphatic carbocycles. The first-order valence-corrected chi connectivity index (χ1v) is 9.50. The van der Waals surface area contributed by atoms with Gasteiger partial charge >= 0.3 is 0 Å². The molecule has 1 saturated carbocycles. The van der Waals surface area contributed by atoms with Crippen molar-refractivity contribution in [2.24, 2.45) is 4.99 Å². The van der Waals surface area contributed by atoms with Crippen molar-refractivity contribution in [2.75, 3.05) is 13.2 Å². The highest BCUT2D eigenvalue weighted by Crippen LogP contribution is 2.34. The highest BCUT2D eigenvalue weighted by molar-refractivity contribution is 5.82. The van der Waals surface area contributed by atoms with Crippen LogP contribution in [0.3, 0.4) is 0 Å². The Balaban J connectivity index is 1.51. The van der Waals surface area contributed by atoms with E-state index in [2.05, 4.69) is 47.7 Å². The Morgan fingerprint density at radius 2 is 2.12 bits per heavy atom. The summed E-state index contributed by atoms with van der Waals surface area (Å²) in [5.74, 6) is 1.96. The van der Waals surface area contributed by atoms with Crippen molar-refractivity contribution >= 4 is 5.96 Å². The summed E-state index contributed by atoms with van der Waals surface area (Å²) in [4.78, 5) is 4.62. The normalized spacial score (nSPS) is 18.0. The molecule has 1 aromatic carbocycles. The first-order valence-electron chi connectivity index (χ1n) is 9.50. The zero-order chi connectivity index (χ0) is 16.8. The summed E-state index contributed by atoms with van der Waals surface area (Å²) in [6.07, 6.45) is 8.75. The van der Waals surface area contributed by atoms with Crippen LogP contribution in [-0.2, 0) is 6.54 Å². The van der Waals surface area contributed by atoms with E-state index in [4.69, 9.17) is 4.74 Å². The number of hydrogen-bond donors (Lipinski definition) is 2. The molecule has 0 amide bonds. The Labute approximate surface area is 146 Å². The minimum Gasteiger partial charge on any atom is -0.493 e. The number of ether oxygens (including phenoxy) is 1. The largest absolute Gasteiger partial charge is 0.493 e. The molecule has 3 rings (SSSR count). The quantitative estimate of drug-likeness (QED) is 0.711. The maximum absolute atomic E-state index is 6.05. The number of aryl methyl sites for hydroxylation is 1. The molecular formula is C20H31N3O. The number of nitrogens with zero attached hydrogens (tertiary/aromatic N) is 1. The first-order chi connectivity index (χ1) is 11.7. The van der Waals surface area contributed by atoms with Gasteiger partial charge in [-0.15, -0.1) is 0 Å². The van der Waals surface area contributed by atoms with Crippen molar-refractivity contribution in [2.45, 2.75) is 70.9 Å². The zero-order valence-electron chi connectivity index (χ0n) is 15.2. The maximum Gasteiger partial charge on any atom is 0.192 e. The van der Waals surface area contributed by atoms with E-state index in [9.17, 15) is 0 Å². The molecule has 1 aromatic rings. The second kappa shape index (κ2) is 7.91. The van der Waals surface area contributed by atoms with Crippen LogP contribution in [0.4, 0.5) is 0 Å². The van der Waals surface area contributed by atoms with Gasteiger partial charge in [-0.05, 0) is 44.2 Å². The van der Waals surface area contributed by atoms with Gasteiger partial charge in [0.2, 0.25) is 0 Å². The second-order valence-electron chi connectivity index (χ2n) is 7.30. The molecule has 4 nitrogen and oxygen atoms in total. The van der Waals surface area contributed by atoms with Crippen molar-refractivity contribution in [3.05, 3.63) is 29.3 Å². The third-order valence-electron chi connectivity index (χ3n) is 5.16. The average molecular weight is 329 g/mol. The summed E-state index contributed by atoms with van der Waals surface area (Å²) in [7, 11) is 0. The number of aliphatic imine (C=N–C) groups is 1. The molecule has 0 radical (unpaired) electrons. The van der Waals surface area contributed by atoms with Gasteiger partial charge in [0.1, 0.15) is 5.75 Å². The molecule has 132 valence electrons. The predicted octanol–water partition coefficient (Wildman–Crippen LogP) is 3.93. The van der Waals surface area contributed by atoms with E-state index in [0.29, 0.717) is 0 Å². The van der Waals surface area contributed by atoms with Crippen LogP contribution in [0, 0.1) is 6.92 Å². The molecule has 0 unspecified atom stereocenters. The molecular weight excluding hydrogens is 298 g/mol. The fourth-order valence-corrected chi connectivity index (χ4v) is 3.38. The predicted molar refractivity (Wildman–Crippen MR) is 99.7 cm³/mol. The molecule has 0 atom stereocenters. The first kappa shape index (κ1) is 17.1. The molecule has 24 heavy (non-hydrogen) atoms. The highest BCUT2D eigenvalue weighted by Gasteiger charge is 2.40. The van der Waals surface area contributed by atoms with Crippen LogP contribution < -0.4 is 15.4 Å². The van der Waals surface area contributed by atoms with Crippen LogP contribution in [0.1, 0.15) is 63.0 Å². The van der Waals surface area contributed by atoms with Gasteiger partial charge in [0, 0.05) is 12.1 Å². The second-order valence-corrected chi connectivity index (χ2v) is 7.30. The van der Waals surface area contributed by atoms with Crippen LogP contribution in [0.5, 0.6) is 5.75 Å². The lowest BCUT2D eigenvalue weighted by Crippen LogP contribution is -2.53. The van der Waals surface area contributed by atoms with Crippen molar-refractivity contribution in [3.63, 3.8) is 0 Å². The average Bonchev–Trinajstić information content (AvgIpc) is 2.99. The number of guanidine groups is 1. The topological polar surface area (TPSA) is 45.6 Å². The fourth-order valence-electron chi connectivity index (χ4n) is 3.38. The van der Waals surface area contributed by atoms with E-state index in [-0.39, 0.29) is 5.54 Å². The molecule has 1 fully saturated rings. The van der Waals surface area contributed by atoms with Crippen LogP contribution in [-0.4, -0.2) is 24.7 Å². The van der Waals surface area contributed by atoms with E-state index >= 15 is 0 Å². The monoisotopic (exact) mass is 329 g/mol. The van der Waals surface area contributed by atoms with E-state index < -0.39 is 0 Å². The maximum atomic E-state index is 6.05. The van der Waals surface area contributed by atoms with Crippen LogP contribution >= 0.6 is 0 Å². The fraction of sp³-hybridized carbons (Fsp3) is 0.650. The number of unbranched alkanes of at least 4 members (excludes halogenated alkanes) is 3. The van der Waals surface area contributed by atoms with Gasteiger partial charge < -0.3 is 15.4 Å². The molecule has 1 spiro atoms. The minimum absolute atomic E-state index is 0.272. The van der Waals surface area contributed by atoms with Gasteiger partial charge in [-0.3, -0.25) is 4.99 Å². The van der Waals surface area contributed by atoms with E-state index in [1.807, 2.05) is 0 Å². The smallest absolute Gasteiger partial charge is 0.192 e. The third kappa shape index (κ3) is 4.22. The molecule has 0 aromatic heterocycles. The molecule has 0 saturated heterocycles. The summed E-state index contributed by atoms with van der Waals surface area (Å²) in [6.45, 7) is 6.83. The van der Waals surface area contributed by atoms with Crippen molar-refractivity contribution in [3.8, 4) is 5.75 Å². The zero-order valence-corrected chi connectivity index (χ0v) is 15.2. The summed E-state index contributed by atoms with van der Waals surface area (Å²) in [6, 6.07) is 6.46. The number of benzene rings is 1. The Hall–Kier alpha value is -1.71. The third-order valence-corrected chi connectivity index (χ3v) is 5.16. The molecule has 2 aliphatic rings. The van der Waals surface area contributed by atoms with Crippen LogP contribution in [0.15, 0.2) is 23.2 Å². The molecule has 1 aliphatic heterocycles. The van der Waals surface area contributed by atoms with Gasteiger partial charge in [-0.25, -0.2) is 0 Å². The van der Waals surface area contributed by atoms with E-state index in [1.54, 1.807) is 0 Å². The standard InChI is InChI=1S/C20H31N3O/c1-3-4-5-6-12-24-18-13-16(2)8-9-17(18)14-21-19-22-15-20(23-19)10-7-11-20/h8-9,13H,3-7,10-12,14-15H2,1-2H3,(H2,21,22,23). The van der Waals surface area contributed by atoms with Gasteiger partial charge in [0.25, 0.3) is 0 Å². The van der Waals surface area contributed by atoms with Gasteiger partial charge in [0.15, 0.2) is 5.96 Å². The SMILES string of the molecule is CCCCCCOc1cc(C)ccc1CNC1=NCC2(CCC2)N1. The Morgan fingerprint density at radius 3 is 2.83 bits per heavy atom. The number of rotatable bonds is 8. The van der Waals surface area contributed by atoms with Crippen LogP contribution in [0.2, 0.25) is 0 Å². The molecule has 4 heteroatoms. The Bertz CT molecular complexity index is 578. The van der Waals surface area contributed by atoms with Gasteiger partial charge in [0.05, 0.1) is 18.7 Å². The lowest BCUT2D eigenvalue weighted by Gasteiger charge is -2.38. The summed E-state index contributed by atoms with van der Waals surface area (Å²) >= 11 is 0. The summed E-state index contributed by atoms with van der Waals surface area (Å²) in [5, 5.41) is 7.02. The number of hydrogen-bond acceptors (Lipinski definition) is 4. The van der Waals surface area contributed by atoms with Crippen LogP contribution in [0.25, 0.3) is 0 Å². The van der Waals surface area contributed by atoms with Gasteiger partial charge in [-0.2, -0.15) is 0 Å². The number of nitrogens with one attached hydrogen (secondary N) is 2. The highest BCUT2D eigenvalue weighted by atomic mass is 16.5. The van der Waals surface area contributed by atoms with Gasteiger partial charge in [-0.1, -0.05) is 38.3 Å². The Kier molecular flexibility index (Phi) is 5.64. The van der Waals surface area contributed by atoms with Crippen molar-refractivity contribution in [1.29, 1.82) is 0 Å². The lowest BCUT2D eigenvalue weighted by molar-refractivity contribution is 0.241. The Morgan fingerprint density at radius 1 is 1.25 bits per heavy atom. The summed E-state index contributed by atoms with van der Waals surface area (Å²) in [5.41, 5.74) is 2.72. The van der Waals surface area contributed by atoms with Crippen molar-refractivity contribution in [1.82, 2.24) is 10.6 Å². The van der Waals surface area contributed by atoms with E-state index in [1.165, 1.54) is 49.7 Å². The van der Waals surface area contributed by atoms with E-state index in [0.717, 1.165) is 37.8 Å². The molecule has 0 bridgehead atoms. The minimum atomic E-state index is 0.272. The summed E-state index contributed by atoms with van der Waals surface area (Å²) < 4.78 is 6.05. The molecule has 1 heterocycles. The lowest BCUT2D eigenvalue weighted by atomic mass is 9.77.